The largest absolute Gasteiger partial charge is 0.440 e. The van der Waals surface area contributed by atoms with Crippen molar-refractivity contribution in [2.45, 2.75) is 26.3 Å². The van der Waals surface area contributed by atoms with Crippen molar-refractivity contribution in [2.75, 3.05) is 0 Å². The number of ether oxygens (including phenoxy) is 1. The Morgan fingerprint density at radius 2 is 2.12 bits per heavy atom. The molecule has 1 aromatic heterocycles. The average molecular weight is 325 g/mol. The average Bonchev–Trinajstić information content (AvgIpc) is 2.54. The van der Waals surface area contributed by atoms with Gasteiger partial charge in [-0.2, -0.15) is 5.26 Å². The van der Waals surface area contributed by atoms with E-state index in [1.165, 1.54) is 6.07 Å². The second kappa shape index (κ2) is 5.85. The second-order valence-corrected chi connectivity index (χ2v) is 5.56. The van der Waals surface area contributed by atoms with Gasteiger partial charge in [0.05, 0.1) is 11.5 Å². The summed E-state index contributed by atoms with van der Waals surface area (Å²) in [4.78, 5) is 12.9. The van der Waals surface area contributed by atoms with E-state index in [2.05, 4.69) is 0 Å². The number of aromatic nitrogens is 1. The van der Waals surface area contributed by atoms with Gasteiger partial charge in [0, 0.05) is 23.9 Å². The van der Waals surface area contributed by atoms with Gasteiger partial charge in [-0.25, -0.2) is 4.39 Å². The van der Waals surface area contributed by atoms with Crippen LogP contribution in [0.5, 0.6) is 5.75 Å². The zero-order valence-corrected chi connectivity index (χ0v) is 13.3. The predicted octanol–water partition coefficient (Wildman–Crippen LogP) is 2.53. The monoisotopic (exact) mass is 325 g/mol. The lowest BCUT2D eigenvalue weighted by Crippen LogP contribution is -2.32. The van der Waals surface area contributed by atoms with E-state index in [9.17, 15) is 14.4 Å². The first-order chi connectivity index (χ1) is 11.5. The smallest absolute Gasteiger partial charge is 0.258 e. The highest BCUT2D eigenvalue weighted by Gasteiger charge is 2.35. The molecule has 0 amide bonds. The van der Waals surface area contributed by atoms with Gasteiger partial charge in [0.25, 0.3) is 5.56 Å². The molecule has 1 atom stereocenters. The predicted molar refractivity (Wildman–Crippen MR) is 86.8 cm³/mol. The lowest BCUT2D eigenvalue weighted by molar-refractivity contribution is 0.387. The van der Waals surface area contributed by atoms with Crippen molar-refractivity contribution < 1.29 is 9.13 Å². The number of hydrogen-bond acceptors (Lipinski definition) is 4. The molecule has 0 bridgehead atoms. The van der Waals surface area contributed by atoms with E-state index < -0.39 is 11.7 Å². The number of fused-ring (bicyclic) bond motifs is 1. The summed E-state index contributed by atoms with van der Waals surface area (Å²) in [6, 6.07) is 9.71. The van der Waals surface area contributed by atoms with Gasteiger partial charge >= 0.3 is 0 Å². The van der Waals surface area contributed by atoms with Crippen LogP contribution in [0.2, 0.25) is 0 Å². The number of halogens is 1. The molecule has 0 unspecified atom stereocenters. The summed E-state index contributed by atoms with van der Waals surface area (Å²) < 4.78 is 21.4. The fraction of sp³-hybridized carbons (Fsp3) is 0.222. The van der Waals surface area contributed by atoms with Crippen LogP contribution in [-0.4, -0.2) is 4.57 Å². The Morgan fingerprint density at radius 3 is 2.75 bits per heavy atom. The number of nitrogens with two attached hydrogens (primary N) is 1. The maximum atomic E-state index is 14.4. The van der Waals surface area contributed by atoms with Crippen molar-refractivity contribution in [2.24, 2.45) is 5.73 Å². The van der Waals surface area contributed by atoms with E-state index >= 15 is 0 Å². The number of pyridine rings is 1. The Hall–Kier alpha value is -3.07. The quantitative estimate of drug-likeness (QED) is 0.920. The Labute approximate surface area is 138 Å². The van der Waals surface area contributed by atoms with Gasteiger partial charge in [-0.3, -0.25) is 4.79 Å². The van der Waals surface area contributed by atoms with Crippen LogP contribution < -0.4 is 16.0 Å². The standard InChI is InChI=1S/C18H16FN3O2/c1-3-22-10(2)8-14-16(18(22)23)15(12(9-20)17(21)24-14)11-6-4-5-7-13(11)19/h4-8,15H,3,21H2,1-2H3/t15-/m0/s1. The zero-order valence-electron chi connectivity index (χ0n) is 13.3. The molecular weight excluding hydrogens is 309 g/mol. The molecule has 5 nitrogen and oxygen atoms in total. The molecule has 2 N–H and O–H groups in total. The molecule has 1 aliphatic heterocycles. The first-order valence-electron chi connectivity index (χ1n) is 7.55. The maximum Gasteiger partial charge on any atom is 0.258 e. The highest BCUT2D eigenvalue weighted by molar-refractivity contribution is 5.55. The van der Waals surface area contributed by atoms with Crippen molar-refractivity contribution in [1.29, 1.82) is 5.26 Å². The summed E-state index contributed by atoms with van der Waals surface area (Å²) >= 11 is 0. The number of nitriles is 1. The van der Waals surface area contributed by atoms with E-state index in [4.69, 9.17) is 10.5 Å². The minimum atomic E-state index is -0.883. The van der Waals surface area contributed by atoms with Crippen LogP contribution in [0.15, 0.2) is 46.6 Å². The third kappa shape index (κ3) is 2.26. The molecule has 122 valence electrons. The van der Waals surface area contributed by atoms with E-state index in [0.717, 1.165) is 0 Å². The number of nitrogens with zero attached hydrogens (tertiary/aromatic N) is 2. The third-order valence-corrected chi connectivity index (χ3v) is 4.22. The van der Waals surface area contributed by atoms with Gasteiger partial charge in [0.2, 0.25) is 5.88 Å². The van der Waals surface area contributed by atoms with Gasteiger partial charge in [-0.15, -0.1) is 0 Å². The van der Waals surface area contributed by atoms with Crippen LogP contribution in [0.3, 0.4) is 0 Å². The summed E-state index contributed by atoms with van der Waals surface area (Å²) in [5.74, 6) is -1.22. The molecule has 24 heavy (non-hydrogen) atoms. The van der Waals surface area contributed by atoms with E-state index in [1.54, 1.807) is 35.8 Å². The zero-order chi connectivity index (χ0) is 17.4. The van der Waals surface area contributed by atoms with Gasteiger partial charge in [-0.1, -0.05) is 18.2 Å². The molecule has 1 aliphatic rings. The van der Waals surface area contributed by atoms with Crippen LogP contribution in [-0.2, 0) is 6.54 Å². The Kier molecular flexibility index (Phi) is 3.86. The molecule has 0 aliphatic carbocycles. The Morgan fingerprint density at radius 1 is 1.42 bits per heavy atom. The second-order valence-electron chi connectivity index (χ2n) is 5.56. The summed E-state index contributed by atoms with van der Waals surface area (Å²) in [5, 5.41) is 9.48. The Bertz CT molecular complexity index is 954. The van der Waals surface area contributed by atoms with Gasteiger partial charge in [0.15, 0.2) is 0 Å². The summed E-state index contributed by atoms with van der Waals surface area (Å²) in [6.07, 6.45) is 0. The number of rotatable bonds is 2. The third-order valence-electron chi connectivity index (χ3n) is 4.22. The number of hydrogen-bond donors (Lipinski definition) is 1. The van der Waals surface area contributed by atoms with Gasteiger partial charge in [-0.05, 0) is 19.9 Å². The number of benzene rings is 1. The number of allylic oxidation sites excluding steroid dienone is 1. The normalized spacial score (nSPS) is 16.3. The molecule has 0 radical (unpaired) electrons. The topological polar surface area (TPSA) is 81.0 Å². The fourth-order valence-electron chi connectivity index (χ4n) is 3.10. The summed E-state index contributed by atoms with van der Waals surface area (Å²) in [6.45, 7) is 4.09. The molecule has 0 saturated carbocycles. The molecule has 0 spiro atoms. The van der Waals surface area contributed by atoms with Crippen molar-refractivity contribution in [3.63, 3.8) is 0 Å². The van der Waals surface area contributed by atoms with E-state index in [-0.39, 0.29) is 33.9 Å². The molecule has 0 saturated heterocycles. The highest BCUT2D eigenvalue weighted by Crippen LogP contribution is 2.41. The molecule has 2 aromatic rings. The van der Waals surface area contributed by atoms with Crippen LogP contribution in [0.1, 0.15) is 29.7 Å². The van der Waals surface area contributed by atoms with Gasteiger partial charge < -0.3 is 15.0 Å². The minimum Gasteiger partial charge on any atom is -0.440 e. The molecule has 1 aromatic carbocycles. The lowest BCUT2D eigenvalue weighted by atomic mass is 9.83. The van der Waals surface area contributed by atoms with Crippen LogP contribution in [0, 0.1) is 24.1 Å². The first-order valence-corrected chi connectivity index (χ1v) is 7.55. The summed E-state index contributed by atoms with van der Waals surface area (Å²) in [7, 11) is 0. The first kappa shape index (κ1) is 15.8. The van der Waals surface area contributed by atoms with Crippen LogP contribution in [0.4, 0.5) is 4.39 Å². The van der Waals surface area contributed by atoms with Crippen molar-refractivity contribution >= 4 is 0 Å². The Balaban J connectivity index is 2.39. The van der Waals surface area contributed by atoms with E-state index in [0.29, 0.717) is 12.2 Å². The highest BCUT2D eigenvalue weighted by atomic mass is 19.1. The maximum absolute atomic E-state index is 14.4. The van der Waals surface area contributed by atoms with Crippen LogP contribution >= 0.6 is 0 Å². The van der Waals surface area contributed by atoms with Crippen molar-refractivity contribution in [3.8, 4) is 11.8 Å². The van der Waals surface area contributed by atoms with Crippen molar-refractivity contribution in [3.05, 3.63) is 74.8 Å². The molecule has 0 fully saturated rings. The fourth-order valence-corrected chi connectivity index (χ4v) is 3.10. The number of aryl methyl sites for hydroxylation is 1. The molecular formula is C18H16FN3O2. The lowest BCUT2D eigenvalue weighted by Gasteiger charge is -2.27. The minimum absolute atomic E-state index is 0.0382. The summed E-state index contributed by atoms with van der Waals surface area (Å²) in [5.41, 5.74) is 6.76. The SMILES string of the molecule is CCn1c(C)cc2c(c1=O)[C@@H](c1ccccc1F)C(C#N)=C(N)O2. The van der Waals surface area contributed by atoms with E-state index in [1.807, 2.05) is 13.0 Å². The van der Waals surface area contributed by atoms with Crippen LogP contribution in [0.25, 0.3) is 0 Å². The molecule has 6 heteroatoms. The van der Waals surface area contributed by atoms with Crippen molar-refractivity contribution in [1.82, 2.24) is 4.57 Å². The molecule has 2 heterocycles. The molecule has 3 rings (SSSR count). The van der Waals surface area contributed by atoms with Gasteiger partial charge in [0.1, 0.15) is 23.2 Å².